The second-order valence-electron chi connectivity index (χ2n) is 4.39. The number of methoxy groups -OCH3 is 1. The Balaban J connectivity index is 2.81. The molecular weight excluding hydrogens is 321 g/mol. The third kappa shape index (κ3) is 4.84. The summed E-state index contributed by atoms with van der Waals surface area (Å²) < 4.78 is 20.5. The van der Waals surface area contributed by atoms with Gasteiger partial charge in [-0.1, -0.05) is 33.6 Å². The summed E-state index contributed by atoms with van der Waals surface area (Å²) in [6, 6.07) is 5.46. The van der Waals surface area contributed by atoms with E-state index in [1.54, 1.807) is 6.07 Å². The van der Waals surface area contributed by atoms with Crippen molar-refractivity contribution in [1.82, 2.24) is 0 Å². The fraction of sp³-hybridized carbons (Fsp3) is 0.538. The summed E-state index contributed by atoms with van der Waals surface area (Å²) in [5.41, 5.74) is 4.81. The molecule has 0 bridgehead atoms. The molecule has 0 fully saturated rings. The van der Waals surface area contributed by atoms with Gasteiger partial charge in [0.1, 0.15) is 5.67 Å². The first-order valence-electron chi connectivity index (χ1n) is 5.82. The number of nitrogens with two attached hydrogens (primary N) is 1. The van der Waals surface area contributed by atoms with Crippen LogP contribution in [0, 0.1) is 0 Å². The number of hydrogen-bond donors (Lipinski definition) is 1. The molecule has 0 spiro atoms. The van der Waals surface area contributed by atoms with Crippen LogP contribution in [-0.2, 0) is 11.2 Å². The van der Waals surface area contributed by atoms with Gasteiger partial charge in [0.25, 0.3) is 0 Å². The van der Waals surface area contributed by atoms with Gasteiger partial charge in [-0.15, -0.1) is 0 Å². The topological polar surface area (TPSA) is 35.2 Å². The molecule has 18 heavy (non-hydrogen) atoms. The Hall–Kier alpha value is -0.160. The van der Waals surface area contributed by atoms with Crippen LogP contribution >= 0.6 is 27.5 Å². The summed E-state index contributed by atoms with van der Waals surface area (Å²) >= 11 is 9.44. The highest BCUT2D eigenvalue weighted by Crippen LogP contribution is 2.29. The first-order chi connectivity index (χ1) is 8.50. The molecule has 1 aromatic carbocycles. The Morgan fingerprint density at radius 1 is 1.50 bits per heavy atom. The standard InChI is InChI=1S/C13H18BrClFNO/c1-18-9-13(16,5-2-6-17)8-10-3-4-11(14)7-12(10)15/h3-4,7H,2,5-6,8-9,17H2,1H3. The van der Waals surface area contributed by atoms with Crippen molar-refractivity contribution in [2.24, 2.45) is 5.73 Å². The number of hydrogen-bond acceptors (Lipinski definition) is 2. The molecule has 2 nitrogen and oxygen atoms in total. The highest BCUT2D eigenvalue weighted by molar-refractivity contribution is 9.10. The molecule has 0 aromatic heterocycles. The zero-order chi connectivity index (χ0) is 13.6. The van der Waals surface area contributed by atoms with Crippen molar-refractivity contribution >= 4 is 27.5 Å². The molecule has 0 saturated heterocycles. The van der Waals surface area contributed by atoms with Crippen molar-refractivity contribution in [3.63, 3.8) is 0 Å². The van der Waals surface area contributed by atoms with Crippen LogP contribution in [0.15, 0.2) is 22.7 Å². The molecule has 1 aromatic rings. The Bertz CT molecular complexity index is 391. The van der Waals surface area contributed by atoms with Gasteiger partial charge in [-0.2, -0.15) is 0 Å². The van der Waals surface area contributed by atoms with E-state index in [-0.39, 0.29) is 13.0 Å². The zero-order valence-corrected chi connectivity index (χ0v) is 12.7. The Labute approximate surface area is 121 Å². The third-order valence-corrected chi connectivity index (χ3v) is 3.60. The summed E-state index contributed by atoms with van der Waals surface area (Å²) in [5.74, 6) is 0. The summed E-state index contributed by atoms with van der Waals surface area (Å²) in [5, 5.41) is 0.565. The van der Waals surface area contributed by atoms with Crippen LogP contribution in [0.2, 0.25) is 5.02 Å². The van der Waals surface area contributed by atoms with E-state index in [1.807, 2.05) is 12.1 Å². The largest absolute Gasteiger partial charge is 0.381 e. The number of alkyl halides is 1. The molecule has 5 heteroatoms. The molecule has 1 atom stereocenters. The minimum atomic E-state index is -1.41. The highest BCUT2D eigenvalue weighted by atomic mass is 79.9. The molecule has 2 N–H and O–H groups in total. The molecule has 0 radical (unpaired) electrons. The quantitative estimate of drug-likeness (QED) is 0.822. The van der Waals surface area contributed by atoms with E-state index in [2.05, 4.69) is 15.9 Å². The third-order valence-electron chi connectivity index (χ3n) is 2.75. The number of rotatable bonds is 7. The molecule has 0 heterocycles. The van der Waals surface area contributed by atoms with E-state index < -0.39 is 5.67 Å². The van der Waals surface area contributed by atoms with E-state index in [9.17, 15) is 4.39 Å². The second-order valence-corrected chi connectivity index (χ2v) is 5.71. The predicted molar refractivity (Wildman–Crippen MR) is 76.9 cm³/mol. The fourth-order valence-corrected chi connectivity index (χ4v) is 2.64. The Morgan fingerprint density at radius 3 is 2.78 bits per heavy atom. The summed E-state index contributed by atoms with van der Waals surface area (Å²) in [7, 11) is 1.50. The lowest BCUT2D eigenvalue weighted by atomic mass is 9.92. The average molecular weight is 339 g/mol. The molecule has 0 amide bonds. The molecule has 1 unspecified atom stereocenters. The van der Waals surface area contributed by atoms with Gasteiger partial charge in [0.2, 0.25) is 0 Å². The maximum atomic E-state index is 14.7. The highest BCUT2D eigenvalue weighted by Gasteiger charge is 2.30. The van der Waals surface area contributed by atoms with Gasteiger partial charge in [-0.25, -0.2) is 4.39 Å². The Morgan fingerprint density at radius 2 is 2.22 bits per heavy atom. The number of benzene rings is 1. The van der Waals surface area contributed by atoms with E-state index >= 15 is 0 Å². The second kappa shape index (κ2) is 7.43. The van der Waals surface area contributed by atoms with Crippen LogP contribution < -0.4 is 5.73 Å². The van der Waals surface area contributed by atoms with Crippen molar-refractivity contribution in [2.45, 2.75) is 24.9 Å². The SMILES string of the molecule is COCC(F)(CCCN)Cc1ccc(Br)cc1Cl. The number of halogens is 3. The first kappa shape index (κ1) is 15.9. The van der Waals surface area contributed by atoms with Crippen LogP contribution in [0.3, 0.4) is 0 Å². The van der Waals surface area contributed by atoms with E-state index in [1.165, 1.54) is 7.11 Å². The summed E-state index contributed by atoms with van der Waals surface area (Å²) in [4.78, 5) is 0. The van der Waals surface area contributed by atoms with Crippen molar-refractivity contribution in [2.75, 3.05) is 20.3 Å². The summed E-state index contributed by atoms with van der Waals surface area (Å²) in [6.45, 7) is 0.531. The van der Waals surface area contributed by atoms with Crippen molar-refractivity contribution in [3.05, 3.63) is 33.3 Å². The van der Waals surface area contributed by atoms with E-state index in [4.69, 9.17) is 22.1 Å². The van der Waals surface area contributed by atoms with Crippen molar-refractivity contribution < 1.29 is 9.13 Å². The lowest BCUT2D eigenvalue weighted by Crippen LogP contribution is -2.32. The van der Waals surface area contributed by atoms with Crippen LogP contribution in [0.5, 0.6) is 0 Å². The lowest BCUT2D eigenvalue weighted by molar-refractivity contribution is 0.0334. The molecule has 0 aliphatic heterocycles. The molecule has 0 saturated carbocycles. The normalized spacial score (nSPS) is 14.5. The van der Waals surface area contributed by atoms with Crippen molar-refractivity contribution in [1.29, 1.82) is 0 Å². The molecule has 1 rings (SSSR count). The van der Waals surface area contributed by atoms with Crippen LogP contribution in [0.4, 0.5) is 4.39 Å². The maximum absolute atomic E-state index is 14.7. The predicted octanol–water partition coefficient (Wildman–Crippen LogP) is 3.74. The van der Waals surface area contributed by atoms with Gasteiger partial charge in [-0.05, 0) is 37.1 Å². The Kier molecular flexibility index (Phi) is 6.57. The maximum Gasteiger partial charge on any atom is 0.138 e. The average Bonchev–Trinajstić information content (AvgIpc) is 2.31. The van der Waals surface area contributed by atoms with Crippen molar-refractivity contribution in [3.8, 4) is 0 Å². The molecular formula is C13H18BrClFNO. The molecule has 0 aliphatic rings. The van der Waals surface area contributed by atoms with Gasteiger partial charge in [0.15, 0.2) is 0 Å². The van der Waals surface area contributed by atoms with Crippen LogP contribution in [-0.4, -0.2) is 25.9 Å². The minimum absolute atomic E-state index is 0.0550. The monoisotopic (exact) mass is 337 g/mol. The molecule has 102 valence electrons. The van der Waals surface area contributed by atoms with Crippen LogP contribution in [0.25, 0.3) is 0 Å². The minimum Gasteiger partial charge on any atom is -0.381 e. The zero-order valence-electron chi connectivity index (χ0n) is 10.4. The van der Waals surface area contributed by atoms with Gasteiger partial charge >= 0.3 is 0 Å². The lowest BCUT2D eigenvalue weighted by Gasteiger charge is -2.25. The van der Waals surface area contributed by atoms with Gasteiger partial charge in [0.05, 0.1) is 6.61 Å². The molecule has 0 aliphatic carbocycles. The van der Waals surface area contributed by atoms with E-state index in [0.717, 1.165) is 10.0 Å². The van der Waals surface area contributed by atoms with Crippen LogP contribution in [0.1, 0.15) is 18.4 Å². The summed E-state index contributed by atoms with van der Waals surface area (Å²) in [6.07, 6.45) is 1.25. The van der Waals surface area contributed by atoms with Gasteiger partial charge in [0, 0.05) is 23.0 Å². The number of ether oxygens (including phenoxy) is 1. The van der Waals surface area contributed by atoms with Gasteiger partial charge < -0.3 is 10.5 Å². The van der Waals surface area contributed by atoms with E-state index in [0.29, 0.717) is 24.4 Å². The smallest absolute Gasteiger partial charge is 0.138 e. The fourth-order valence-electron chi connectivity index (χ4n) is 1.90. The van der Waals surface area contributed by atoms with Gasteiger partial charge in [-0.3, -0.25) is 0 Å². The first-order valence-corrected chi connectivity index (χ1v) is 7.00.